The monoisotopic (exact) mass is 329 g/mol. The number of nitrogens with one attached hydrogen (secondary N) is 1. The average molecular weight is 330 g/mol. The third-order valence-electron chi connectivity index (χ3n) is 2.48. The van der Waals surface area contributed by atoms with Gasteiger partial charge >= 0.3 is 0 Å². The molecule has 0 aliphatic rings. The quantitative estimate of drug-likeness (QED) is 0.644. The SMILES string of the molecule is C#CCCCCNS(=O)(=O)c1cc(Br)ccc1C. The molecule has 1 N–H and O–H groups in total. The second-order valence-corrected chi connectivity index (χ2v) is 6.62. The minimum Gasteiger partial charge on any atom is -0.211 e. The van der Waals surface area contributed by atoms with Crippen molar-refractivity contribution < 1.29 is 8.42 Å². The summed E-state index contributed by atoms with van der Waals surface area (Å²) in [7, 11) is -3.43. The summed E-state index contributed by atoms with van der Waals surface area (Å²) in [5.74, 6) is 2.53. The van der Waals surface area contributed by atoms with Crippen LogP contribution in [0.2, 0.25) is 0 Å². The van der Waals surface area contributed by atoms with E-state index in [1.165, 1.54) is 0 Å². The van der Waals surface area contributed by atoms with E-state index in [-0.39, 0.29) is 0 Å². The zero-order valence-corrected chi connectivity index (χ0v) is 12.6. The number of terminal acetylenes is 1. The van der Waals surface area contributed by atoms with Gasteiger partial charge in [-0.2, -0.15) is 0 Å². The number of sulfonamides is 1. The number of hydrogen-bond acceptors (Lipinski definition) is 2. The molecule has 0 aliphatic heterocycles. The second-order valence-electron chi connectivity index (χ2n) is 3.97. The zero-order valence-electron chi connectivity index (χ0n) is 10.2. The molecule has 3 nitrogen and oxygen atoms in total. The first-order valence-corrected chi connectivity index (χ1v) is 7.94. The molecule has 98 valence electrons. The van der Waals surface area contributed by atoms with Crippen molar-refractivity contribution in [3.8, 4) is 12.3 Å². The Hall–Kier alpha value is -0.830. The summed E-state index contributed by atoms with van der Waals surface area (Å²) in [6.07, 6.45) is 7.38. The predicted octanol–water partition coefficient (Wildman–Crippen LogP) is 2.84. The van der Waals surface area contributed by atoms with Crippen molar-refractivity contribution in [3.05, 3.63) is 28.2 Å². The number of halogens is 1. The standard InChI is InChI=1S/C13H16BrNO2S/c1-3-4-5-6-9-15-18(16,17)13-10-12(14)8-7-11(13)2/h1,7-8,10,15H,4-6,9H2,2H3. The Balaban J connectivity index is 2.69. The van der Waals surface area contributed by atoms with Crippen LogP contribution in [0.1, 0.15) is 24.8 Å². The maximum absolute atomic E-state index is 12.1. The highest BCUT2D eigenvalue weighted by molar-refractivity contribution is 9.10. The van der Waals surface area contributed by atoms with Gasteiger partial charge in [-0.05, 0) is 37.5 Å². The van der Waals surface area contributed by atoms with E-state index >= 15 is 0 Å². The highest BCUT2D eigenvalue weighted by atomic mass is 79.9. The van der Waals surface area contributed by atoms with Crippen LogP contribution in [0.3, 0.4) is 0 Å². The fourth-order valence-electron chi connectivity index (χ4n) is 1.50. The van der Waals surface area contributed by atoms with Crippen molar-refractivity contribution in [3.63, 3.8) is 0 Å². The lowest BCUT2D eigenvalue weighted by Crippen LogP contribution is -2.25. The van der Waals surface area contributed by atoms with E-state index in [2.05, 4.69) is 26.6 Å². The van der Waals surface area contributed by atoms with Crippen molar-refractivity contribution >= 4 is 26.0 Å². The Labute approximate surface area is 117 Å². The summed E-state index contributed by atoms with van der Waals surface area (Å²) in [4.78, 5) is 0.314. The van der Waals surface area contributed by atoms with Crippen LogP contribution in [0.15, 0.2) is 27.6 Å². The van der Waals surface area contributed by atoms with Crippen molar-refractivity contribution in [2.75, 3.05) is 6.54 Å². The number of hydrogen-bond donors (Lipinski definition) is 1. The maximum Gasteiger partial charge on any atom is 0.240 e. The van der Waals surface area contributed by atoms with E-state index in [1.54, 1.807) is 19.1 Å². The molecule has 0 radical (unpaired) electrons. The lowest BCUT2D eigenvalue weighted by Gasteiger charge is -2.09. The van der Waals surface area contributed by atoms with Crippen LogP contribution in [0.5, 0.6) is 0 Å². The molecule has 1 rings (SSSR count). The number of benzene rings is 1. The molecule has 0 spiro atoms. The van der Waals surface area contributed by atoms with Gasteiger partial charge in [-0.3, -0.25) is 0 Å². The van der Waals surface area contributed by atoms with Crippen LogP contribution in [0.25, 0.3) is 0 Å². The fourth-order valence-corrected chi connectivity index (χ4v) is 3.36. The Morgan fingerprint density at radius 1 is 1.39 bits per heavy atom. The largest absolute Gasteiger partial charge is 0.240 e. The van der Waals surface area contributed by atoms with Gasteiger partial charge in [-0.1, -0.05) is 22.0 Å². The Bertz CT molecular complexity index is 547. The van der Waals surface area contributed by atoms with Gasteiger partial charge in [-0.15, -0.1) is 12.3 Å². The second kappa shape index (κ2) is 6.93. The zero-order chi connectivity index (χ0) is 13.6. The molecular formula is C13H16BrNO2S. The van der Waals surface area contributed by atoms with Crippen LogP contribution in [-0.2, 0) is 10.0 Å². The molecule has 0 fully saturated rings. The molecule has 0 saturated carbocycles. The first-order chi connectivity index (χ1) is 8.47. The number of rotatable bonds is 6. The van der Waals surface area contributed by atoms with Gasteiger partial charge in [-0.25, -0.2) is 13.1 Å². The predicted molar refractivity (Wildman–Crippen MR) is 76.8 cm³/mol. The molecule has 0 aliphatic carbocycles. The Kier molecular flexibility index (Phi) is 5.86. The molecule has 0 saturated heterocycles. The van der Waals surface area contributed by atoms with Crippen LogP contribution in [0.4, 0.5) is 0 Å². The molecule has 1 aromatic carbocycles. The third kappa shape index (κ3) is 4.45. The summed E-state index contributed by atoms with van der Waals surface area (Å²) >= 11 is 3.28. The highest BCUT2D eigenvalue weighted by Gasteiger charge is 2.16. The first kappa shape index (κ1) is 15.2. The van der Waals surface area contributed by atoms with Crippen molar-refractivity contribution in [1.82, 2.24) is 4.72 Å². The third-order valence-corrected chi connectivity index (χ3v) is 4.58. The van der Waals surface area contributed by atoms with Gasteiger partial charge in [0.1, 0.15) is 0 Å². The van der Waals surface area contributed by atoms with Crippen LogP contribution in [-0.4, -0.2) is 15.0 Å². The topological polar surface area (TPSA) is 46.2 Å². The number of unbranched alkanes of at least 4 members (excludes halogenated alkanes) is 2. The molecule has 1 aromatic rings. The van der Waals surface area contributed by atoms with Gasteiger partial charge in [0.25, 0.3) is 0 Å². The molecule has 0 amide bonds. The molecule has 0 unspecified atom stereocenters. The van der Waals surface area contributed by atoms with E-state index in [0.29, 0.717) is 17.9 Å². The number of aryl methyl sites for hydroxylation is 1. The Morgan fingerprint density at radius 3 is 2.78 bits per heavy atom. The first-order valence-electron chi connectivity index (χ1n) is 5.66. The summed E-state index contributed by atoms with van der Waals surface area (Å²) < 4.78 is 27.5. The molecule has 0 atom stereocenters. The van der Waals surface area contributed by atoms with Crippen molar-refractivity contribution in [2.24, 2.45) is 0 Å². The molecule has 18 heavy (non-hydrogen) atoms. The minimum atomic E-state index is -3.43. The summed E-state index contributed by atoms with van der Waals surface area (Å²) in [6.45, 7) is 2.19. The van der Waals surface area contributed by atoms with E-state index in [9.17, 15) is 8.42 Å². The minimum absolute atomic E-state index is 0.314. The smallest absolute Gasteiger partial charge is 0.211 e. The summed E-state index contributed by atoms with van der Waals surface area (Å²) in [5.41, 5.74) is 0.731. The van der Waals surface area contributed by atoms with Gasteiger partial charge in [0, 0.05) is 17.4 Å². The highest BCUT2D eigenvalue weighted by Crippen LogP contribution is 2.20. The van der Waals surface area contributed by atoms with Crippen molar-refractivity contribution in [2.45, 2.75) is 31.1 Å². The van der Waals surface area contributed by atoms with Crippen LogP contribution >= 0.6 is 15.9 Å². The molecule has 0 bridgehead atoms. The molecule has 5 heteroatoms. The van der Waals surface area contributed by atoms with Gasteiger partial charge in [0.15, 0.2) is 0 Å². The fraction of sp³-hybridized carbons (Fsp3) is 0.385. The van der Waals surface area contributed by atoms with E-state index in [4.69, 9.17) is 6.42 Å². The average Bonchev–Trinajstić information content (AvgIpc) is 2.32. The van der Waals surface area contributed by atoms with Gasteiger partial charge in [0.2, 0.25) is 10.0 Å². The maximum atomic E-state index is 12.1. The lowest BCUT2D eigenvalue weighted by molar-refractivity contribution is 0.576. The van der Waals surface area contributed by atoms with Gasteiger partial charge < -0.3 is 0 Å². The molecule has 0 aromatic heterocycles. The summed E-state index contributed by atoms with van der Waals surface area (Å²) in [6, 6.07) is 5.21. The normalized spacial score (nSPS) is 11.2. The van der Waals surface area contributed by atoms with Crippen molar-refractivity contribution in [1.29, 1.82) is 0 Å². The van der Waals surface area contributed by atoms with Gasteiger partial charge in [0.05, 0.1) is 4.90 Å². The molecular weight excluding hydrogens is 314 g/mol. The van der Waals surface area contributed by atoms with E-state index in [0.717, 1.165) is 22.9 Å². The molecule has 0 heterocycles. The Morgan fingerprint density at radius 2 is 2.11 bits per heavy atom. The van der Waals surface area contributed by atoms with Crippen LogP contribution in [0, 0.1) is 19.3 Å². The summed E-state index contributed by atoms with van der Waals surface area (Å²) in [5, 5.41) is 0. The lowest BCUT2D eigenvalue weighted by atomic mass is 10.2. The van der Waals surface area contributed by atoms with E-state index in [1.807, 2.05) is 6.07 Å². The van der Waals surface area contributed by atoms with E-state index < -0.39 is 10.0 Å². The van der Waals surface area contributed by atoms with Crippen LogP contribution < -0.4 is 4.72 Å².